The molecule has 1 unspecified atom stereocenters. The molecule has 1 atom stereocenters. The molecule has 0 aromatic rings. The summed E-state index contributed by atoms with van der Waals surface area (Å²) in [4.78, 5) is 5.24. The molecule has 0 heterocycles. The normalized spacial score (nSPS) is 13.7. The number of hydroxylamine groups is 1. The first-order chi connectivity index (χ1) is 10.8. The Morgan fingerprint density at radius 2 is 1.35 bits per heavy atom. The quantitative estimate of drug-likeness (QED) is 0.343. The molecule has 7 heteroatoms. The topological polar surface area (TPSA) is 78.4 Å². The van der Waals surface area contributed by atoms with E-state index >= 15 is 0 Å². The SMILES string of the molecule is CC(C)OCC(O)COCCOCCOCCONC(C)(C)C. The molecular formula is C16H35NO6. The van der Waals surface area contributed by atoms with E-state index in [4.69, 9.17) is 23.8 Å². The van der Waals surface area contributed by atoms with Crippen LogP contribution in [0.5, 0.6) is 0 Å². The molecule has 2 N–H and O–H groups in total. The highest BCUT2D eigenvalue weighted by Gasteiger charge is 2.08. The van der Waals surface area contributed by atoms with Crippen molar-refractivity contribution < 1.29 is 28.9 Å². The Kier molecular flexibility index (Phi) is 13.9. The fourth-order valence-electron chi connectivity index (χ4n) is 1.38. The van der Waals surface area contributed by atoms with Crippen LogP contribution in [0, 0.1) is 0 Å². The van der Waals surface area contributed by atoms with Crippen molar-refractivity contribution in [2.75, 3.05) is 52.9 Å². The van der Waals surface area contributed by atoms with E-state index in [1.165, 1.54) is 0 Å². The van der Waals surface area contributed by atoms with E-state index in [0.717, 1.165) is 0 Å². The lowest BCUT2D eigenvalue weighted by Crippen LogP contribution is -2.36. The van der Waals surface area contributed by atoms with Crippen LogP contribution in [0.15, 0.2) is 0 Å². The Labute approximate surface area is 140 Å². The van der Waals surface area contributed by atoms with Crippen molar-refractivity contribution in [2.45, 2.75) is 52.4 Å². The summed E-state index contributed by atoms with van der Waals surface area (Å²) in [7, 11) is 0. The van der Waals surface area contributed by atoms with Crippen LogP contribution < -0.4 is 5.48 Å². The summed E-state index contributed by atoms with van der Waals surface area (Å²) in [5, 5.41) is 9.56. The van der Waals surface area contributed by atoms with Gasteiger partial charge in [-0.25, -0.2) is 0 Å². The lowest BCUT2D eigenvalue weighted by Gasteiger charge is -2.19. The van der Waals surface area contributed by atoms with Gasteiger partial charge in [-0.3, -0.25) is 4.84 Å². The van der Waals surface area contributed by atoms with E-state index in [0.29, 0.717) is 46.2 Å². The molecule has 0 saturated heterocycles. The molecule has 23 heavy (non-hydrogen) atoms. The molecule has 140 valence electrons. The fourth-order valence-corrected chi connectivity index (χ4v) is 1.38. The van der Waals surface area contributed by atoms with E-state index in [1.54, 1.807) is 0 Å². The van der Waals surface area contributed by atoms with Crippen molar-refractivity contribution in [3.8, 4) is 0 Å². The Morgan fingerprint density at radius 3 is 1.87 bits per heavy atom. The summed E-state index contributed by atoms with van der Waals surface area (Å²) in [6.07, 6.45) is -0.481. The number of hydrogen-bond acceptors (Lipinski definition) is 7. The predicted octanol–water partition coefficient (Wildman–Crippen LogP) is 1.14. The molecule has 0 aromatic heterocycles. The maximum atomic E-state index is 9.56. The zero-order valence-corrected chi connectivity index (χ0v) is 15.3. The van der Waals surface area contributed by atoms with Gasteiger partial charge in [0.2, 0.25) is 0 Å². The maximum Gasteiger partial charge on any atom is 0.101 e. The van der Waals surface area contributed by atoms with Crippen molar-refractivity contribution in [3.63, 3.8) is 0 Å². The van der Waals surface area contributed by atoms with Crippen LogP contribution in [0.3, 0.4) is 0 Å². The number of nitrogens with one attached hydrogen (secondary N) is 1. The van der Waals surface area contributed by atoms with Gasteiger partial charge in [0.05, 0.1) is 59.0 Å². The number of aliphatic hydroxyl groups is 1. The molecule has 0 rings (SSSR count). The third-order valence-corrected chi connectivity index (χ3v) is 2.38. The van der Waals surface area contributed by atoms with Crippen LogP contribution in [0.25, 0.3) is 0 Å². The minimum atomic E-state index is -0.595. The van der Waals surface area contributed by atoms with Crippen LogP contribution >= 0.6 is 0 Å². The second-order valence-electron chi connectivity index (χ2n) is 6.54. The lowest BCUT2D eigenvalue weighted by molar-refractivity contribution is -0.0552. The van der Waals surface area contributed by atoms with Gasteiger partial charge in [0, 0.05) is 5.54 Å². The highest BCUT2D eigenvalue weighted by atomic mass is 16.7. The lowest BCUT2D eigenvalue weighted by atomic mass is 10.1. The zero-order valence-electron chi connectivity index (χ0n) is 15.3. The second-order valence-corrected chi connectivity index (χ2v) is 6.54. The average Bonchev–Trinajstić information content (AvgIpc) is 2.45. The van der Waals surface area contributed by atoms with Gasteiger partial charge in [0.1, 0.15) is 6.10 Å². The Balaban J connectivity index is 3.16. The van der Waals surface area contributed by atoms with Crippen molar-refractivity contribution in [1.29, 1.82) is 0 Å². The van der Waals surface area contributed by atoms with Gasteiger partial charge in [0.25, 0.3) is 0 Å². The largest absolute Gasteiger partial charge is 0.388 e. The van der Waals surface area contributed by atoms with E-state index in [9.17, 15) is 5.11 Å². The van der Waals surface area contributed by atoms with E-state index in [1.807, 2.05) is 34.6 Å². The van der Waals surface area contributed by atoms with Gasteiger partial charge in [-0.1, -0.05) is 0 Å². The van der Waals surface area contributed by atoms with Gasteiger partial charge in [-0.05, 0) is 34.6 Å². The first-order valence-electron chi connectivity index (χ1n) is 8.23. The first-order valence-corrected chi connectivity index (χ1v) is 8.23. The summed E-state index contributed by atoms with van der Waals surface area (Å²) >= 11 is 0. The minimum Gasteiger partial charge on any atom is -0.388 e. The number of aliphatic hydroxyl groups excluding tert-OH is 1. The predicted molar refractivity (Wildman–Crippen MR) is 88.4 cm³/mol. The standard InChI is InChI=1S/C16H35NO6/c1-14(2)22-13-15(18)12-21-9-8-19-6-7-20-10-11-23-17-16(3,4)5/h14-15,17-18H,6-13H2,1-5H3. The van der Waals surface area contributed by atoms with Crippen LogP contribution in [-0.4, -0.2) is 75.7 Å². The van der Waals surface area contributed by atoms with Crippen molar-refractivity contribution in [2.24, 2.45) is 0 Å². The number of rotatable bonds is 15. The smallest absolute Gasteiger partial charge is 0.101 e. The third kappa shape index (κ3) is 19.7. The summed E-state index contributed by atoms with van der Waals surface area (Å²) in [6, 6.07) is 0. The molecule has 0 amide bonds. The van der Waals surface area contributed by atoms with Crippen LogP contribution in [0.2, 0.25) is 0 Å². The molecule has 0 bridgehead atoms. The van der Waals surface area contributed by atoms with Gasteiger partial charge in [-0.2, -0.15) is 5.48 Å². The number of ether oxygens (including phenoxy) is 4. The highest BCUT2D eigenvalue weighted by Crippen LogP contribution is 1.97. The van der Waals surface area contributed by atoms with Gasteiger partial charge < -0.3 is 24.1 Å². The molecular weight excluding hydrogens is 302 g/mol. The molecule has 0 spiro atoms. The minimum absolute atomic E-state index is 0.0579. The Bertz CT molecular complexity index is 257. The van der Waals surface area contributed by atoms with Gasteiger partial charge in [-0.15, -0.1) is 0 Å². The van der Waals surface area contributed by atoms with E-state index < -0.39 is 6.10 Å². The monoisotopic (exact) mass is 337 g/mol. The molecule has 0 saturated carbocycles. The molecule has 0 aliphatic heterocycles. The van der Waals surface area contributed by atoms with Crippen molar-refractivity contribution >= 4 is 0 Å². The Morgan fingerprint density at radius 1 is 0.826 bits per heavy atom. The first kappa shape index (κ1) is 22.7. The van der Waals surface area contributed by atoms with Crippen LogP contribution in [0.4, 0.5) is 0 Å². The summed E-state index contributed by atoms with van der Waals surface area (Å²) in [5.41, 5.74) is 2.86. The molecule has 0 aliphatic carbocycles. The molecule has 7 nitrogen and oxygen atoms in total. The average molecular weight is 337 g/mol. The van der Waals surface area contributed by atoms with Crippen molar-refractivity contribution in [3.05, 3.63) is 0 Å². The summed E-state index contributed by atoms with van der Waals surface area (Å²) in [6.45, 7) is 13.4. The van der Waals surface area contributed by atoms with Crippen molar-refractivity contribution in [1.82, 2.24) is 5.48 Å². The molecule has 0 aliphatic rings. The molecule has 0 fully saturated rings. The van der Waals surface area contributed by atoms with Gasteiger partial charge >= 0.3 is 0 Å². The van der Waals surface area contributed by atoms with Crippen LogP contribution in [0.1, 0.15) is 34.6 Å². The summed E-state index contributed by atoms with van der Waals surface area (Å²) < 4.78 is 21.3. The maximum absolute atomic E-state index is 9.56. The molecule has 0 radical (unpaired) electrons. The molecule has 0 aromatic carbocycles. The highest BCUT2D eigenvalue weighted by molar-refractivity contribution is 4.63. The summed E-state index contributed by atoms with van der Waals surface area (Å²) in [5.74, 6) is 0. The van der Waals surface area contributed by atoms with Gasteiger partial charge in [0.15, 0.2) is 0 Å². The number of hydrogen-bond donors (Lipinski definition) is 2. The van der Waals surface area contributed by atoms with E-state index in [-0.39, 0.29) is 18.2 Å². The fraction of sp³-hybridized carbons (Fsp3) is 1.00. The third-order valence-electron chi connectivity index (χ3n) is 2.38. The Hall–Kier alpha value is -0.280. The zero-order chi connectivity index (χ0) is 17.6. The second kappa shape index (κ2) is 14.1. The van der Waals surface area contributed by atoms with Crippen LogP contribution in [-0.2, 0) is 23.8 Å². The van der Waals surface area contributed by atoms with E-state index in [2.05, 4.69) is 5.48 Å².